The lowest BCUT2D eigenvalue weighted by Gasteiger charge is -2.07. The third-order valence-electron chi connectivity index (χ3n) is 3.69. The van der Waals surface area contributed by atoms with Crippen molar-refractivity contribution in [2.45, 2.75) is 28.4 Å². The number of imidazole rings is 1. The molecule has 0 aliphatic rings. The minimum atomic E-state index is -3.52. The van der Waals surface area contributed by atoms with E-state index < -0.39 is 14.8 Å². The van der Waals surface area contributed by atoms with Gasteiger partial charge in [-0.15, -0.1) is 0 Å². The second kappa shape index (κ2) is 6.49. The number of rotatable bonds is 5. The van der Waals surface area contributed by atoms with Crippen molar-refractivity contribution >= 4 is 38.3 Å². The van der Waals surface area contributed by atoms with Crippen molar-refractivity contribution < 1.29 is 13.3 Å². The van der Waals surface area contributed by atoms with Crippen molar-refractivity contribution in [1.82, 2.24) is 9.55 Å². The predicted octanol–water partition coefficient (Wildman–Crippen LogP) is 3.52. The van der Waals surface area contributed by atoms with Gasteiger partial charge in [0.15, 0.2) is 15.0 Å². The summed E-state index contributed by atoms with van der Waals surface area (Å²) in [6, 6.07) is 11.5. The highest BCUT2D eigenvalue weighted by Crippen LogP contribution is 2.37. The van der Waals surface area contributed by atoms with E-state index in [1.54, 1.807) is 0 Å². The number of nitro groups is 1. The zero-order valence-electron chi connectivity index (χ0n) is 13.5. The highest BCUT2D eigenvalue weighted by atomic mass is 32.2. The van der Waals surface area contributed by atoms with Crippen LogP contribution in [-0.2, 0) is 16.4 Å². The van der Waals surface area contributed by atoms with Gasteiger partial charge in [0.1, 0.15) is 0 Å². The Balaban J connectivity index is 2.11. The first-order chi connectivity index (χ1) is 11.8. The number of aromatic nitrogens is 2. The number of fused-ring (bicyclic) bond motifs is 1. The zero-order valence-corrected chi connectivity index (χ0v) is 15.2. The molecule has 0 saturated heterocycles. The second-order valence-corrected chi connectivity index (χ2v) is 8.41. The second-order valence-electron chi connectivity index (χ2n) is 5.39. The van der Waals surface area contributed by atoms with Gasteiger partial charge in [-0.05, 0) is 43.0 Å². The molecular formula is C16H15N3O4S2. The van der Waals surface area contributed by atoms with Gasteiger partial charge in [0.2, 0.25) is 0 Å². The standard InChI is InChI=1S/C16H15N3O4S2/c1-3-18-13-7-5-4-6-12(13)17-16(18)24-15-9-8-11(25(2,22)23)10-14(15)19(20)21/h4-10H,3H2,1-2H3. The fourth-order valence-electron chi connectivity index (χ4n) is 2.49. The average Bonchev–Trinajstić information content (AvgIpc) is 2.90. The topological polar surface area (TPSA) is 95.1 Å². The molecule has 3 rings (SSSR count). The van der Waals surface area contributed by atoms with Crippen LogP contribution >= 0.6 is 11.8 Å². The van der Waals surface area contributed by atoms with Crippen LogP contribution in [0.5, 0.6) is 0 Å². The molecule has 0 fully saturated rings. The normalized spacial score (nSPS) is 11.8. The Bertz CT molecular complexity index is 1070. The third-order valence-corrected chi connectivity index (χ3v) is 5.86. The maximum Gasteiger partial charge on any atom is 0.284 e. The smallest absolute Gasteiger partial charge is 0.284 e. The summed E-state index contributed by atoms with van der Waals surface area (Å²) < 4.78 is 25.3. The lowest BCUT2D eigenvalue weighted by molar-refractivity contribution is -0.388. The Hall–Kier alpha value is -2.39. The van der Waals surface area contributed by atoms with Gasteiger partial charge in [0.05, 0.1) is 25.7 Å². The summed E-state index contributed by atoms with van der Waals surface area (Å²) in [5, 5.41) is 12.0. The Labute approximate surface area is 148 Å². The molecule has 1 heterocycles. The molecule has 0 aliphatic carbocycles. The van der Waals surface area contributed by atoms with Crippen molar-refractivity contribution in [3.8, 4) is 0 Å². The molecular weight excluding hydrogens is 362 g/mol. The largest absolute Gasteiger partial charge is 0.319 e. The Morgan fingerprint density at radius 1 is 1.24 bits per heavy atom. The van der Waals surface area contributed by atoms with E-state index in [4.69, 9.17) is 0 Å². The summed E-state index contributed by atoms with van der Waals surface area (Å²) in [7, 11) is -3.52. The first-order valence-corrected chi connectivity index (χ1v) is 10.1. The molecule has 0 saturated carbocycles. The van der Waals surface area contributed by atoms with Crippen molar-refractivity contribution in [2.24, 2.45) is 0 Å². The molecule has 0 amide bonds. The Morgan fingerprint density at radius 2 is 1.96 bits per heavy atom. The van der Waals surface area contributed by atoms with Gasteiger partial charge >= 0.3 is 0 Å². The van der Waals surface area contributed by atoms with Crippen LogP contribution in [0, 0.1) is 10.1 Å². The minimum absolute atomic E-state index is 0.0763. The number of nitro benzene ring substituents is 1. The molecule has 0 N–H and O–H groups in total. The number of benzene rings is 2. The molecule has 2 aromatic carbocycles. The molecule has 25 heavy (non-hydrogen) atoms. The van der Waals surface area contributed by atoms with Crippen LogP contribution in [0.2, 0.25) is 0 Å². The third kappa shape index (κ3) is 3.38. The maximum atomic E-state index is 11.6. The monoisotopic (exact) mass is 377 g/mol. The summed E-state index contributed by atoms with van der Waals surface area (Å²) in [5.41, 5.74) is 1.51. The summed E-state index contributed by atoms with van der Waals surface area (Å²) in [5.74, 6) is 0. The van der Waals surface area contributed by atoms with E-state index in [9.17, 15) is 18.5 Å². The number of sulfone groups is 1. The molecule has 0 spiro atoms. The van der Waals surface area contributed by atoms with E-state index in [2.05, 4.69) is 4.98 Å². The molecule has 0 radical (unpaired) electrons. The van der Waals surface area contributed by atoms with Crippen LogP contribution in [-0.4, -0.2) is 29.1 Å². The fourth-order valence-corrected chi connectivity index (χ4v) is 4.19. The predicted molar refractivity (Wildman–Crippen MR) is 95.7 cm³/mol. The van der Waals surface area contributed by atoms with Crippen molar-refractivity contribution in [3.63, 3.8) is 0 Å². The highest BCUT2D eigenvalue weighted by molar-refractivity contribution is 7.99. The SMILES string of the molecule is CCn1c(Sc2ccc(S(C)(=O)=O)cc2[N+](=O)[O-])nc2ccccc21. The van der Waals surface area contributed by atoms with Gasteiger partial charge in [-0.25, -0.2) is 13.4 Å². The molecule has 3 aromatic rings. The van der Waals surface area contributed by atoms with Crippen LogP contribution in [0.1, 0.15) is 6.92 Å². The van der Waals surface area contributed by atoms with Crippen LogP contribution in [0.15, 0.2) is 57.4 Å². The minimum Gasteiger partial charge on any atom is -0.319 e. The number of hydrogen-bond donors (Lipinski definition) is 0. The van der Waals surface area contributed by atoms with Crippen molar-refractivity contribution in [2.75, 3.05) is 6.26 Å². The van der Waals surface area contributed by atoms with E-state index in [-0.39, 0.29) is 10.6 Å². The number of nitrogens with zero attached hydrogens (tertiary/aromatic N) is 3. The Kier molecular flexibility index (Phi) is 4.53. The number of aryl methyl sites for hydroxylation is 1. The van der Waals surface area contributed by atoms with Crippen LogP contribution in [0.3, 0.4) is 0 Å². The molecule has 1 aromatic heterocycles. The van der Waals surface area contributed by atoms with Gasteiger partial charge in [-0.1, -0.05) is 12.1 Å². The van der Waals surface area contributed by atoms with Gasteiger partial charge in [-0.2, -0.15) is 0 Å². The summed E-state index contributed by atoms with van der Waals surface area (Å²) in [6.07, 6.45) is 1.02. The molecule has 0 atom stereocenters. The summed E-state index contributed by atoms with van der Waals surface area (Å²) in [4.78, 5) is 15.6. The molecule has 0 bridgehead atoms. The number of hydrogen-bond acceptors (Lipinski definition) is 6. The quantitative estimate of drug-likeness (QED) is 0.499. The van der Waals surface area contributed by atoms with E-state index in [0.29, 0.717) is 16.6 Å². The van der Waals surface area contributed by atoms with E-state index in [0.717, 1.165) is 35.1 Å². The lowest BCUT2D eigenvalue weighted by Crippen LogP contribution is -2.00. The number of para-hydroxylation sites is 2. The molecule has 0 aliphatic heterocycles. The first kappa shape index (κ1) is 17.4. The van der Waals surface area contributed by atoms with E-state index in [1.807, 2.05) is 35.8 Å². The van der Waals surface area contributed by atoms with Crippen molar-refractivity contribution in [3.05, 3.63) is 52.6 Å². The van der Waals surface area contributed by atoms with Crippen molar-refractivity contribution in [1.29, 1.82) is 0 Å². The maximum absolute atomic E-state index is 11.6. The van der Waals surface area contributed by atoms with E-state index in [1.165, 1.54) is 12.1 Å². The van der Waals surface area contributed by atoms with E-state index >= 15 is 0 Å². The lowest BCUT2D eigenvalue weighted by atomic mass is 10.3. The fraction of sp³-hybridized carbons (Fsp3) is 0.188. The molecule has 0 unspecified atom stereocenters. The summed E-state index contributed by atoms with van der Waals surface area (Å²) in [6.45, 7) is 2.64. The highest BCUT2D eigenvalue weighted by Gasteiger charge is 2.21. The Morgan fingerprint density at radius 3 is 2.60 bits per heavy atom. The van der Waals surface area contributed by atoms with Gasteiger partial charge in [-0.3, -0.25) is 10.1 Å². The van der Waals surface area contributed by atoms with Crippen LogP contribution < -0.4 is 0 Å². The molecule has 9 heteroatoms. The van der Waals surface area contributed by atoms with Gasteiger partial charge in [0.25, 0.3) is 5.69 Å². The van der Waals surface area contributed by atoms with Gasteiger partial charge in [0, 0.05) is 18.9 Å². The summed E-state index contributed by atoms with van der Waals surface area (Å²) >= 11 is 1.15. The molecule has 130 valence electrons. The molecule has 7 nitrogen and oxygen atoms in total. The van der Waals surface area contributed by atoms with Crippen LogP contribution in [0.4, 0.5) is 5.69 Å². The van der Waals surface area contributed by atoms with Gasteiger partial charge < -0.3 is 4.57 Å². The average molecular weight is 377 g/mol. The zero-order chi connectivity index (χ0) is 18.2. The first-order valence-electron chi connectivity index (χ1n) is 7.43. The van der Waals surface area contributed by atoms with Crippen LogP contribution in [0.25, 0.3) is 11.0 Å².